The lowest BCUT2D eigenvalue weighted by Gasteiger charge is -2.27. The molecule has 0 N–H and O–H groups in total. The van der Waals surface area contributed by atoms with E-state index in [0.717, 1.165) is 121 Å². The van der Waals surface area contributed by atoms with Crippen molar-refractivity contribution in [3.05, 3.63) is 296 Å². The molecule has 8 nitrogen and oxygen atoms in total. The molecule has 406 valence electrons. The number of para-hydroxylation sites is 10. The zero-order valence-electron chi connectivity index (χ0n) is 47.1. The Hall–Kier alpha value is -12.4. The van der Waals surface area contributed by atoms with Crippen molar-refractivity contribution in [2.45, 2.75) is 0 Å². The van der Waals surface area contributed by atoms with Crippen molar-refractivity contribution in [1.82, 2.24) is 27.4 Å². The molecule has 6 heterocycles. The molecule has 0 aliphatic rings. The van der Waals surface area contributed by atoms with Gasteiger partial charge < -0.3 is 27.4 Å². The number of rotatable bonds is 6. The third-order valence-electron chi connectivity index (χ3n) is 18.6. The van der Waals surface area contributed by atoms with Gasteiger partial charge >= 0.3 is 0 Å². The van der Waals surface area contributed by atoms with Gasteiger partial charge in [0.2, 0.25) is 5.69 Å². The molecule has 0 atom stereocenters. The Morgan fingerprint density at radius 3 is 0.682 bits per heavy atom. The Labute approximate surface area is 502 Å². The van der Waals surface area contributed by atoms with Crippen LogP contribution >= 0.6 is 0 Å². The lowest BCUT2D eigenvalue weighted by atomic mass is 10.0. The molecule has 19 aromatic rings. The number of hydrogen-bond acceptors (Lipinski definition) is 1. The predicted octanol–water partition coefficient (Wildman–Crippen LogP) is 20.7. The fourth-order valence-corrected chi connectivity index (χ4v) is 15.2. The summed E-state index contributed by atoms with van der Waals surface area (Å²) in [5.74, 6) is 0. The highest BCUT2D eigenvalue weighted by Gasteiger charge is 2.35. The molecule has 0 spiro atoms. The fraction of sp³-hybridized carbons (Fsp3) is 0. The van der Waals surface area contributed by atoms with Crippen molar-refractivity contribution < 1.29 is 0 Å². The summed E-state index contributed by atoms with van der Waals surface area (Å²) in [5, 5.41) is 25.9. The van der Waals surface area contributed by atoms with Crippen LogP contribution in [0.15, 0.2) is 279 Å². The lowest BCUT2D eigenvalue weighted by molar-refractivity contribution is 1.04. The van der Waals surface area contributed by atoms with E-state index >= 15 is 0 Å². The molecule has 8 heteroatoms. The summed E-state index contributed by atoms with van der Waals surface area (Å²) in [6.07, 6.45) is 0. The minimum atomic E-state index is 0.388. The van der Waals surface area contributed by atoms with E-state index in [1.165, 1.54) is 21.5 Å². The van der Waals surface area contributed by atoms with Crippen molar-refractivity contribution in [2.75, 3.05) is 0 Å². The molecule has 0 aliphatic carbocycles. The zero-order chi connectivity index (χ0) is 57.9. The first-order valence-electron chi connectivity index (χ1n) is 29.7. The maximum absolute atomic E-state index is 13.0. The first-order valence-corrected chi connectivity index (χ1v) is 29.7. The highest BCUT2D eigenvalue weighted by atomic mass is 15.1. The van der Waals surface area contributed by atoms with Crippen LogP contribution < -0.4 is 0 Å². The minimum absolute atomic E-state index is 0.388. The summed E-state index contributed by atoms with van der Waals surface area (Å²) >= 11 is 0. The molecule has 0 saturated heterocycles. The maximum atomic E-state index is 13.0. The fourth-order valence-electron chi connectivity index (χ4n) is 15.2. The molecule has 0 fully saturated rings. The van der Waals surface area contributed by atoms with Crippen molar-refractivity contribution in [3.8, 4) is 40.2 Å². The zero-order valence-corrected chi connectivity index (χ0v) is 47.1. The van der Waals surface area contributed by atoms with Gasteiger partial charge in [0, 0.05) is 76.0 Å². The summed E-state index contributed by atoms with van der Waals surface area (Å²) in [4.78, 5) is 4.94. The lowest BCUT2D eigenvalue weighted by Crippen LogP contribution is -2.14. The van der Waals surface area contributed by atoms with Crippen LogP contribution in [0, 0.1) is 17.9 Å². The van der Waals surface area contributed by atoms with Gasteiger partial charge in [-0.15, -0.1) is 0 Å². The second-order valence-corrected chi connectivity index (χ2v) is 22.9. The summed E-state index contributed by atoms with van der Waals surface area (Å²) < 4.78 is 13.9. The SMILES string of the molecule is [C-]#[N+]c1c(-n2c3ccccc3c3ccccc32)c(-n2c3ccccc3c3cc(-n4c5ccccc5c5ccccc54)ccc32)c(C#N)c(-n2c3ccccc3c3ccccc32)c1-n1c2ccccc2c2cc(-n3c4ccccc4c4ccccc43)ccc21. The van der Waals surface area contributed by atoms with Gasteiger partial charge in [0.05, 0.1) is 95.5 Å². The Morgan fingerprint density at radius 1 is 0.239 bits per heavy atom. The van der Waals surface area contributed by atoms with Crippen LogP contribution in [0.4, 0.5) is 5.69 Å². The normalized spacial score (nSPS) is 12.1. The predicted molar refractivity (Wildman–Crippen MR) is 363 cm³/mol. The van der Waals surface area contributed by atoms with Crippen LogP contribution in [-0.4, -0.2) is 27.4 Å². The number of benzene rings is 13. The number of hydrogen-bond donors (Lipinski definition) is 0. The van der Waals surface area contributed by atoms with Gasteiger partial charge in [-0.1, -0.05) is 182 Å². The molecule has 13 aromatic carbocycles. The molecule has 0 saturated carbocycles. The van der Waals surface area contributed by atoms with Gasteiger partial charge in [0.15, 0.2) is 0 Å². The van der Waals surface area contributed by atoms with Crippen LogP contribution in [-0.2, 0) is 0 Å². The Kier molecular flexibility index (Phi) is 9.87. The Morgan fingerprint density at radius 2 is 0.443 bits per heavy atom. The quantitative estimate of drug-likeness (QED) is 0.153. The molecular weight excluding hydrogens is 1070 g/mol. The van der Waals surface area contributed by atoms with Gasteiger partial charge in [-0.25, -0.2) is 4.85 Å². The third-order valence-corrected chi connectivity index (χ3v) is 18.6. The maximum Gasteiger partial charge on any atom is 0.238 e. The summed E-state index contributed by atoms with van der Waals surface area (Å²) in [6.45, 7) is 10.1. The molecule has 0 radical (unpaired) electrons. The van der Waals surface area contributed by atoms with E-state index in [1.807, 2.05) is 0 Å². The third kappa shape index (κ3) is 6.34. The van der Waals surface area contributed by atoms with Crippen molar-refractivity contribution in [1.29, 1.82) is 5.26 Å². The topological polar surface area (TPSA) is 57.7 Å². The Bertz CT molecular complexity index is 5750. The number of nitriles is 1. The van der Waals surface area contributed by atoms with E-state index in [0.29, 0.717) is 34.0 Å². The summed E-state index contributed by atoms with van der Waals surface area (Å²) in [7, 11) is 0. The molecule has 0 unspecified atom stereocenters. The van der Waals surface area contributed by atoms with Crippen molar-refractivity contribution in [2.24, 2.45) is 0 Å². The van der Waals surface area contributed by atoms with Crippen molar-refractivity contribution in [3.63, 3.8) is 0 Å². The van der Waals surface area contributed by atoms with Gasteiger partial charge in [-0.3, -0.25) is 0 Å². The second-order valence-electron chi connectivity index (χ2n) is 22.9. The summed E-state index contributed by atoms with van der Waals surface area (Å²) in [6, 6.07) is 102. The van der Waals surface area contributed by atoms with Crippen LogP contribution in [0.5, 0.6) is 0 Å². The summed E-state index contributed by atoms with van der Waals surface area (Å²) in [5.41, 5.74) is 17.0. The van der Waals surface area contributed by atoms with Crippen molar-refractivity contribution >= 4 is 137 Å². The van der Waals surface area contributed by atoms with Crippen LogP contribution in [0.1, 0.15) is 5.56 Å². The van der Waals surface area contributed by atoms with Gasteiger partial charge in [-0.05, 0) is 97.1 Å². The minimum Gasteiger partial charge on any atom is -0.317 e. The van der Waals surface area contributed by atoms with Gasteiger partial charge in [0.25, 0.3) is 0 Å². The molecule has 0 aliphatic heterocycles. The van der Waals surface area contributed by atoms with E-state index in [9.17, 15) is 11.8 Å². The largest absolute Gasteiger partial charge is 0.317 e. The number of aromatic nitrogens is 6. The molecule has 6 aromatic heterocycles. The highest BCUT2D eigenvalue weighted by Crippen LogP contribution is 2.52. The first-order chi connectivity index (χ1) is 43.7. The first kappa shape index (κ1) is 48.1. The number of nitrogens with zero attached hydrogens (tertiary/aromatic N) is 8. The highest BCUT2D eigenvalue weighted by molar-refractivity contribution is 6.18. The standard InChI is InChI=1S/C80H46N8/c1-82-76-79(87-70-38-18-8-28-57(70)58-29-9-19-39-71(58)87)78(86-72-40-20-10-30-59(72)61-46-49(42-44-74(61)86)83-64-32-12-2-22-51(64)52-23-3-13-33-65(52)83)63(48-81)77(85-68-36-16-6-26-55(68)56-27-7-17-37-69(56)85)80(76)88-73-41-21-11-31-60(73)62-47-50(43-45-75(62)88)84-66-34-14-4-24-53(66)54-25-5-15-35-67(54)84/h2-47H. The molecule has 88 heavy (non-hydrogen) atoms. The number of fused-ring (bicyclic) bond motifs is 18. The second kappa shape index (κ2) is 18.1. The van der Waals surface area contributed by atoms with Gasteiger partial charge in [-0.2, -0.15) is 5.26 Å². The van der Waals surface area contributed by atoms with E-state index in [1.54, 1.807) is 0 Å². The van der Waals surface area contributed by atoms with E-state index in [2.05, 4.69) is 313 Å². The average Bonchev–Trinajstić information content (AvgIpc) is 1.75. The molecule has 19 rings (SSSR count). The van der Waals surface area contributed by atoms with Crippen LogP contribution in [0.25, 0.3) is 170 Å². The molecule has 0 amide bonds. The Balaban J connectivity index is 1.02. The van der Waals surface area contributed by atoms with Crippen LogP contribution in [0.3, 0.4) is 0 Å². The van der Waals surface area contributed by atoms with E-state index in [4.69, 9.17) is 4.85 Å². The smallest absolute Gasteiger partial charge is 0.238 e. The average molecular weight is 1120 g/mol. The van der Waals surface area contributed by atoms with E-state index < -0.39 is 0 Å². The molecule has 0 bridgehead atoms. The van der Waals surface area contributed by atoms with Crippen LogP contribution in [0.2, 0.25) is 0 Å². The monoisotopic (exact) mass is 1120 g/mol. The van der Waals surface area contributed by atoms with Gasteiger partial charge in [0.1, 0.15) is 11.6 Å². The molecular formula is C80H46N8. The van der Waals surface area contributed by atoms with E-state index in [-0.39, 0.29) is 0 Å².